The van der Waals surface area contributed by atoms with E-state index in [1.165, 1.54) is 4.31 Å². The third kappa shape index (κ3) is 5.76. The molecule has 0 radical (unpaired) electrons. The van der Waals surface area contributed by atoms with Gasteiger partial charge in [-0.15, -0.1) is 5.10 Å². The van der Waals surface area contributed by atoms with Crippen LogP contribution in [0, 0.1) is 13.8 Å². The average Bonchev–Trinajstić information content (AvgIpc) is 3.41. The molecule has 1 unspecified atom stereocenters. The van der Waals surface area contributed by atoms with Gasteiger partial charge >= 0.3 is 16.3 Å². The molecule has 0 N–H and O–H groups in total. The average molecular weight is 621 g/mol. The molecule has 9 bridgehead atoms. The first-order valence-electron chi connectivity index (χ1n) is 14.8. The summed E-state index contributed by atoms with van der Waals surface area (Å²) in [6, 6.07) is 14.5. The topological polar surface area (TPSA) is 122 Å². The lowest BCUT2D eigenvalue weighted by molar-refractivity contribution is -0.143. The molecule has 3 aliphatic heterocycles. The zero-order chi connectivity index (χ0) is 31.0. The maximum absolute atomic E-state index is 13.4. The minimum absolute atomic E-state index is 0.111. The van der Waals surface area contributed by atoms with Crippen LogP contribution in [0.3, 0.4) is 0 Å². The Hall–Kier alpha value is -4.00. The largest absolute Gasteiger partial charge is 0.491 e. The lowest BCUT2D eigenvalue weighted by atomic mass is 9.83. The Kier molecular flexibility index (Phi) is 8.32. The second-order valence-corrected chi connectivity index (χ2v) is 12.6. The van der Waals surface area contributed by atoms with Gasteiger partial charge < -0.3 is 18.4 Å². The molecule has 12 heteroatoms. The second kappa shape index (κ2) is 12.2. The molecule has 3 atom stereocenters. The highest BCUT2D eigenvalue weighted by Gasteiger charge is 2.37. The fraction of sp³-hybridized carbons (Fsp3) is 0.406. The van der Waals surface area contributed by atoms with E-state index >= 15 is 0 Å². The molecule has 4 aromatic rings. The predicted molar refractivity (Wildman–Crippen MR) is 163 cm³/mol. The molecule has 1 aromatic heterocycles. The number of aryl methyl sites for hydroxylation is 2. The molecule has 0 aliphatic carbocycles. The summed E-state index contributed by atoms with van der Waals surface area (Å²) in [6.07, 6.45) is 0.111. The van der Waals surface area contributed by atoms with Gasteiger partial charge in [0, 0.05) is 18.0 Å². The van der Waals surface area contributed by atoms with Crippen molar-refractivity contribution in [2.45, 2.75) is 59.2 Å². The Morgan fingerprint density at radius 3 is 2.70 bits per heavy atom. The summed E-state index contributed by atoms with van der Waals surface area (Å²) < 4.78 is 52.6. The molecule has 7 rings (SSSR count). The normalized spacial score (nSPS) is 21.4. The number of hydrogen-bond acceptors (Lipinski definition) is 9. The van der Waals surface area contributed by atoms with Gasteiger partial charge in [-0.2, -0.15) is 12.7 Å². The second-order valence-electron chi connectivity index (χ2n) is 11.1. The first kappa shape index (κ1) is 30.0. The molecular weight excluding hydrogens is 584 g/mol. The van der Waals surface area contributed by atoms with Gasteiger partial charge in [0.2, 0.25) is 0 Å². The molecular formula is C32H36N4O7S. The van der Waals surface area contributed by atoms with Crippen LogP contribution in [0.1, 0.15) is 65.6 Å². The predicted octanol–water partition coefficient (Wildman–Crippen LogP) is 4.74. The monoisotopic (exact) mass is 620 g/mol. The van der Waals surface area contributed by atoms with E-state index in [2.05, 4.69) is 10.3 Å². The van der Waals surface area contributed by atoms with Crippen LogP contribution in [0.25, 0.3) is 11.0 Å². The third-order valence-corrected chi connectivity index (χ3v) is 9.82. The molecule has 0 amide bonds. The molecule has 0 saturated carbocycles. The van der Waals surface area contributed by atoms with Gasteiger partial charge in [0.1, 0.15) is 23.6 Å². The van der Waals surface area contributed by atoms with Crippen molar-refractivity contribution in [3.05, 3.63) is 81.9 Å². The van der Waals surface area contributed by atoms with Gasteiger partial charge in [0.05, 0.1) is 44.3 Å². The van der Waals surface area contributed by atoms with E-state index in [4.69, 9.17) is 18.4 Å². The summed E-state index contributed by atoms with van der Waals surface area (Å²) in [5.74, 6) is 0.207. The number of rotatable bonds is 3. The molecule has 11 nitrogen and oxygen atoms in total. The molecule has 0 fully saturated rings. The molecule has 3 aliphatic rings. The Balaban J connectivity index is 1.48. The lowest BCUT2D eigenvalue weighted by Crippen LogP contribution is -2.39. The van der Waals surface area contributed by atoms with Gasteiger partial charge in [0.25, 0.3) is 0 Å². The first-order chi connectivity index (χ1) is 21.2. The summed E-state index contributed by atoms with van der Waals surface area (Å²) in [5, 5.41) is 8.85. The van der Waals surface area contributed by atoms with Gasteiger partial charge in [0.15, 0.2) is 0 Å². The smallest absolute Gasteiger partial charge is 0.386 e. The van der Waals surface area contributed by atoms with Crippen molar-refractivity contribution in [1.82, 2.24) is 19.3 Å². The van der Waals surface area contributed by atoms with Gasteiger partial charge in [-0.05, 0) is 79.8 Å². The van der Waals surface area contributed by atoms with E-state index in [0.29, 0.717) is 37.7 Å². The quantitative estimate of drug-likeness (QED) is 0.299. The summed E-state index contributed by atoms with van der Waals surface area (Å²) in [5.41, 5.74) is 6.76. The number of carbonyl (C=O) groups is 1. The number of benzene rings is 3. The maximum atomic E-state index is 13.4. The molecule has 44 heavy (non-hydrogen) atoms. The summed E-state index contributed by atoms with van der Waals surface area (Å²) >= 11 is 0. The highest BCUT2D eigenvalue weighted by Crippen LogP contribution is 2.40. The summed E-state index contributed by atoms with van der Waals surface area (Å²) in [6.45, 7) is 9.59. The van der Waals surface area contributed by atoms with E-state index < -0.39 is 16.3 Å². The number of esters is 1. The van der Waals surface area contributed by atoms with Crippen LogP contribution >= 0.6 is 0 Å². The summed E-state index contributed by atoms with van der Waals surface area (Å²) in [7, 11) is -4.09. The Morgan fingerprint density at radius 2 is 1.89 bits per heavy atom. The van der Waals surface area contributed by atoms with Crippen molar-refractivity contribution in [3.8, 4) is 11.5 Å². The van der Waals surface area contributed by atoms with Crippen LogP contribution in [0.2, 0.25) is 0 Å². The maximum Gasteiger partial charge on any atom is 0.386 e. The minimum atomic E-state index is -4.09. The zero-order valence-corrected chi connectivity index (χ0v) is 26.1. The molecule has 4 heterocycles. The highest BCUT2D eigenvalue weighted by atomic mass is 32.2. The number of fused-ring (bicyclic) bond motifs is 6. The SMILES string of the molecule is CCOC(=O)C[C@@H]1c2ccc(C)c(c2)[C@@H](C)N2Cc3cc(ccc3OS2(=O)=O)OCCOCCn2nnc3c(C)c1ccc32. The first-order valence-corrected chi connectivity index (χ1v) is 16.2. The van der Waals surface area contributed by atoms with Crippen LogP contribution in [0.4, 0.5) is 0 Å². The lowest BCUT2D eigenvalue weighted by Gasteiger charge is -2.33. The molecule has 0 saturated heterocycles. The van der Waals surface area contributed by atoms with Crippen molar-refractivity contribution in [2.75, 3.05) is 26.4 Å². The number of hydrogen-bond donors (Lipinski definition) is 0. The molecule has 0 spiro atoms. The number of carbonyl (C=O) groups excluding carboxylic acids is 1. The highest BCUT2D eigenvalue weighted by molar-refractivity contribution is 7.84. The Bertz CT molecular complexity index is 1820. The standard InChI is InChI=1S/C32H36N4O7S/c1-5-41-31(37)18-28-23-7-6-20(2)27(17-23)22(4)36-19-24-16-25(8-11-30(24)43-44(36,38)39)42-15-14-40-13-12-35-29-10-9-26(28)21(3)32(29)33-34-35/h6-11,16-17,22,28H,5,12-15,18-19H2,1-4H3/t22-,28-/m1/s1. The van der Waals surface area contributed by atoms with Crippen molar-refractivity contribution < 1.29 is 31.6 Å². The number of ether oxygens (including phenoxy) is 3. The fourth-order valence-electron chi connectivity index (χ4n) is 6.06. The van der Waals surface area contributed by atoms with Crippen LogP contribution in [0.15, 0.2) is 48.5 Å². The number of nitrogens with zero attached hydrogens (tertiary/aromatic N) is 4. The molecule has 232 valence electrons. The van der Waals surface area contributed by atoms with Crippen LogP contribution < -0.4 is 8.92 Å². The van der Waals surface area contributed by atoms with Gasteiger partial charge in [-0.3, -0.25) is 4.79 Å². The van der Waals surface area contributed by atoms with Crippen molar-refractivity contribution in [1.29, 1.82) is 0 Å². The van der Waals surface area contributed by atoms with Crippen LogP contribution in [0.5, 0.6) is 11.5 Å². The van der Waals surface area contributed by atoms with E-state index in [9.17, 15) is 13.2 Å². The Labute approximate surface area is 256 Å². The number of aromatic nitrogens is 3. The minimum Gasteiger partial charge on any atom is -0.491 e. The van der Waals surface area contributed by atoms with Gasteiger partial charge in [-0.1, -0.05) is 29.5 Å². The van der Waals surface area contributed by atoms with E-state index in [-0.39, 0.29) is 37.2 Å². The van der Waals surface area contributed by atoms with E-state index in [1.54, 1.807) is 19.1 Å². The molecule has 3 aromatic carbocycles. The third-order valence-electron chi connectivity index (χ3n) is 8.41. The Morgan fingerprint density at radius 1 is 1.05 bits per heavy atom. The van der Waals surface area contributed by atoms with Crippen molar-refractivity contribution in [2.24, 2.45) is 0 Å². The fourth-order valence-corrected chi connectivity index (χ4v) is 7.34. The van der Waals surface area contributed by atoms with Gasteiger partial charge in [-0.25, -0.2) is 4.68 Å². The van der Waals surface area contributed by atoms with Crippen molar-refractivity contribution >= 4 is 27.3 Å². The summed E-state index contributed by atoms with van der Waals surface area (Å²) in [4.78, 5) is 12.9. The van der Waals surface area contributed by atoms with Crippen LogP contribution in [-0.4, -0.2) is 60.1 Å². The van der Waals surface area contributed by atoms with E-state index in [1.807, 2.05) is 61.9 Å². The van der Waals surface area contributed by atoms with Crippen LogP contribution in [-0.2, 0) is 37.7 Å². The van der Waals surface area contributed by atoms with E-state index in [0.717, 1.165) is 38.9 Å². The van der Waals surface area contributed by atoms with Crippen molar-refractivity contribution in [3.63, 3.8) is 0 Å². The zero-order valence-electron chi connectivity index (χ0n) is 25.3.